The van der Waals surface area contributed by atoms with Crippen molar-refractivity contribution in [2.24, 2.45) is 0 Å². The third-order valence-electron chi connectivity index (χ3n) is 7.03. The molecule has 0 heterocycles. The predicted octanol–water partition coefficient (Wildman–Crippen LogP) is 10.7. The van der Waals surface area contributed by atoms with Gasteiger partial charge in [-0.05, 0) is 57.8 Å². The Labute approximate surface area is 296 Å². The minimum Gasteiger partial charge on any atom is -0.462 e. The normalized spacial score (nSPS) is 13.6. The molecule has 0 fully saturated rings. The molecule has 1 unspecified atom stereocenters. The molecule has 2 N–H and O–H groups in total. The number of allylic oxidation sites excluding steroid dienone is 16. The molecule has 0 saturated carbocycles. The first-order chi connectivity index (χ1) is 23.8. The molecule has 0 aliphatic heterocycles. The molecule has 0 spiro atoms. The molecule has 0 rings (SSSR count). The Morgan fingerprint density at radius 3 is 1.49 bits per heavy atom. The van der Waals surface area contributed by atoms with Gasteiger partial charge in [-0.2, -0.15) is 0 Å². The van der Waals surface area contributed by atoms with Crippen LogP contribution in [0.25, 0.3) is 0 Å². The van der Waals surface area contributed by atoms with Gasteiger partial charge in [-0.15, -0.1) is 0 Å². The van der Waals surface area contributed by atoms with Gasteiger partial charge < -0.3 is 19.3 Å². The Bertz CT molecular complexity index is 1110. The molecule has 9 heteroatoms. The van der Waals surface area contributed by atoms with Gasteiger partial charge in [-0.3, -0.25) is 14.1 Å². The Morgan fingerprint density at radius 2 is 0.980 bits per heavy atom. The summed E-state index contributed by atoms with van der Waals surface area (Å²) in [6, 6.07) is 0. The standard InChI is InChI=1S/C40H63O8P/c1-3-5-7-9-11-13-15-17-18-19-20-21-23-24-26-28-30-32-34-39(41)46-36-38(37-47-49(43,44)45)48-40(42)35-33-31-29-27-25-22-16-14-12-10-8-6-4-2/h6,8,10-22,25,38H,3-5,7,9,23-24,26-37H2,1-2H3,(H2,43,44,45)/b8-6+,12-10+,13-11+,16-14+,17-15+,19-18+,21-20+,25-22+. The fraction of sp³-hybridized carbons (Fsp3) is 0.550. The molecule has 0 aliphatic rings. The lowest BCUT2D eigenvalue weighted by Gasteiger charge is -2.18. The summed E-state index contributed by atoms with van der Waals surface area (Å²) in [4.78, 5) is 42.6. The zero-order chi connectivity index (χ0) is 36.1. The zero-order valence-electron chi connectivity index (χ0n) is 30.0. The summed E-state index contributed by atoms with van der Waals surface area (Å²) in [6.07, 6.45) is 47.0. The highest BCUT2D eigenvalue weighted by Crippen LogP contribution is 2.35. The second kappa shape index (κ2) is 34.8. The van der Waals surface area contributed by atoms with E-state index in [1.807, 2.05) is 54.7 Å². The van der Waals surface area contributed by atoms with E-state index in [1.165, 1.54) is 19.3 Å². The molecule has 1 atom stereocenters. The van der Waals surface area contributed by atoms with E-state index >= 15 is 0 Å². The van der Waals surface area contributed by atoms with Crippen molar-refractivity contribution >= 4 is 19.8 Å². The SMILES string of the molecule is CC/C=C/C=C/C=C/C=C/CCCCCC(=O)OC(COC(=O)CCCCCCC/C=C/C=C/C=C/C=C/CCCCC)COP(=O)(O)O. The van der Waals surface area contributed by atoms with E-state index in [0.717, 1.165) is 64.2 Å². The Hall–Kier alpha value is -3.03. The van der Waals surface area contributed by atoms with Crippen LogP contribution in [0, 0.1) is 0 Å². The first-order valence-corrected chi connectivity index (χ1v) is 19.7. The molecular weight excluding hydrogens is 639 g/mol. The summed E-state index contributed by atoms with van der Waals surface area (Å²) in [5.74, 6) is -0.971. The number of esters is 2. The van der Waals surface area contributed by atoms with Gasteiger partial charge in [0.2, 0.25) is 0 Å². The van der Waals surface area contributed by atoms with Gasteiger partial charge in [0.05, 0.1) is 6.61 Å². The van der Waals surface area contributed by atoms with Crippen molar-refractivity contribution in [3.63, 3.8) is 0 Å². The lowest BCUT2D eigenvalue weighted by atomic mass is 10.1. The van der Waals surface area contributed by atoms with Crippen molar-refractivity contribution in [1.82, 2.24) is 0 Å². The second-order valence-electron chi connectivity index (χ2n) is 11.6. The first-order valence-electron chi connectivity index (χ1n) is 18.1. The van der Waals surface area contributed by atoms with Crippen LogP contribution in [0.3, 0.4) is 0 Å². The molecule has 0 amide bonds. The fourth-order valence-corrected chi connectivity index (χ4v) is 4.69. The van der Waals surface area contributed by atoms with Crippen molar-refractivity contribution in [1.29, 1.82) is 0 Å². The van der Waals surface area contributed by atoms with E-state index in [-0.39, 0.29) is 19.4 Å². The maximum Gasteiger partial charge on any atom is 0.469 e. The van der Waals surface area contributed by atoms with E-state index in [1.54, 1.807) is 0 Å². The quantitative estimate of drug-likeness (QED) is 0.0317. The van der Waals surface area contributed by atoms with Crippen molar-refractivity contribution in [3.05, 3.63) is 97.2 Å². The topological polar surface area (TPSA) is 119 Å². The molecule has 0 aliphatic carbocycles. The van der Waals surface area contributed by atoms with E-state index in [4.69, 9.17) is 19.3 Å². The number of hydrogen-bond acceptors (Lipinski definition) is 6. The van der Waals surface area contributed by atoms with Gasteiger partial charge >= 0.3 is 19.8 Å². The minimum atomic E-state index is -4.77. The average Bonchev–Trinajstić information content (AvgIpc) is 3.07. The third-order valence-corrected chi connectivity index (χ3v) is 7.51. The number of phosphoric ester groups is 1. The van der Waals surface area contributed by atoms with Gasteiger partial charge in [-0.1, -0.05) is 150 Å². The molecule has 49 heavy (non-hydrogen) atoms. The van der Waals surface area contributed by atoms with E-state index < -0.39 is 32.5 Å². The molecule has 0 aromatic rings. The van der Waals surface area contributed by atoms with Crippen molar-refractivity contribution in [2.75, 3.05) is 13.2 Å². The molecule has 8 nitrogen and oxygen atoms in total. The summed E-state index contributed by atoms with van der Waals surface area (Å²) in [5, 5.41) is 0. The predicted molar refractivity (Wildman–Crippen MR) is 202 cm³/mol. The molecule has 276 valence electrons. The van der Waals surface area contributed by atoms with E-state index in [0.29, 0.717) is 12.8 Å². The average molecular weight is 703 g/mol. The van der Waals surface area contributed by atoms with Gasteiger partial charge in [0.25, 0.3) is 0 Å². The van der Waals surface area contributed by atoms with E-state index in [2.05, 4.69) is 60.9 Å². The van der Waals surface area contributed by atoms with Crippen LogP contribution >= 0.6 is 7.82 Å². The van der Waals surface area contributed by atoms with Crippen LogP contribution < -0.4 is 0 Å². The smallest absolute Gasteiger partial charge is 0.462 e. The second-order valence-corrected chi connectivity index (χ2v) is 12.9. The number of rotatable bonds is 31. The number of unbranched alkanes of at least 4 members (excludes halogenated alkanes) is 11. The van der Waals surface area contributed by atoms with Gasteiger partial charge in [0.15, 0.2) is 6.10 Å². The lowest BCUT2D eigenvalue weighted by molar-refractivity contribution is -0.161. The molecule has 0 bridgehead atoms. The number of carbonyl (C=O) groups is 2. The van der Waals surface area contributed by atoms with Crippen LogP contribution in [-0.2, 0) is 28.2 Å². The minimum absolute atomic E-state index is 0.154. The maximum absolute atomic E-state index is 12.3. The van der Waals surface area contributed by atoms with Gasteiger partial charge in [-0.25, -0.2) is 4.57 Å². The van der Waals surface area contributed by atoms with Gasteiger partial charge in [0, 0.05) is 12.8 Å². The largest absolute Gasteiger partial charge is 0.469 e. The van der Waals surface area contributed by atoms with Gasteiger partial charge in [0.1, 0.15) is 6.61 Å². The van der Waals surface area contributed by atoms with Crippen molar-refractivity contribution in [2.45, 2.75) is 129 Å². The summed E-state index contributed by atoms with van der Waals surface area (Å²) in [6.45, 7) is 3.42. The molecule has 0 saturated heterocycles. The number of carbonyl (C=O) groups excluding carboxylic acids is 2. The van der Waals surface area contributed by atoms with Crippen LogP contribution in [0.15, 0.2) is 97.2 Å². The fourth-order valence-electron chi connectivity index (χ4n) is 4.33. The molecular formula is C40H63O8P. The van der Waals surface area contributed by atoms with Crippen molar-refractivity contribution in [3.8, 4) is 0 Å². The molecule has 0 aromatic carbocycles. The first kappa shape index (κ1) is 46.0. The summed E-state index contributed by atoms with van der Waals surface area (Å²) >= 11 is 0. The lowest BCUT2D eigenvalue weighted by Crippen LogP contribution is -2.29. The monoisotopic (exact) mass is 702 g/mol. The number of hydrogen-bond donors (Lipinski definition) is 2. The zero-order valence-corrected chi connectivity index (χ0v) is 30.9. The summed E-state index contributed by atoms with van der Waals surface area (Å²) < 4.78 is 26.2. The van der Waals surface area contributed by atoms with Crippen LogP contribution in [0.1, 0.15) is 123 Å². The van der Waals surface area contributed by atoms with Crippen molar-refractivity contribution < 1.29 is 37.9 Å². The van der Waals surface area contributed by atoms with Crippen LogP contribution in [0.2, 0.25) is 0 Å². The molecule has 0 aromatic heterocycles. The maximum atomic E-state index is 12.3. The molecule has 0 radical (unpaired) electrons. The van der Waals surface area contributed by atoms with Crippen LogP contribution in [0.4, 0.5) is 0 Å². The summed E-state index contributed by atoms with van der Waals surface area (Å²) in [7, 11) is -4.77. The third kappa shape index (κ3) is 37.6. The van der Waals surface area contributed by atoms with Crippen LogP contribution in [-0.4, -0.2) is 41.0 Å². The Balaban J connectivity index is 4.13. The summed E-state index contributed by atoms with van der Waals surface area (Å²) in [5.41, 5.74) is 0. The Kier molecular flexibility index (Phi) is 32.7. The highest BCUT2D eigenvalue weighted by atomic mass is 31.2. The van der Waals surface area contributed by atoms with E-state index in [9.17, 15) is 14.2 Å². The van der Waals surface area contributed by atoms with Crippen LogP contribution in [0.5, 0.6) is 0 Å². The Morgan fingerprint density at radius 1 is 0.551 bits per heavy atom. The highest BCUT2D eigenvalue weighted by Gasteiger charge is 2.22. The number of ether oxygens (including phenoxy) is 2. The highest BCUT2D eigenvalue weighted by molar-refractivity contribution is 7.46. The number of phosphoric acid groups is 1.